The van der Waals surface area contributed by atoms with Gasteiger partial charge in [-0.1, -0.05) is 23.2 Å². The number of aryl methyl sites for hydroxylation is 1. The topological polar surface area (TPSA) is 121 Å². The maximum Gasteiger partial charge on any atom is 0.271 e. The molecule has 2 rings (SSSR count). The van der Waals surface area contributed by atoms with Crippen LogP contribution in [0, 0.1) is 17.0 Å². The minimum Gasteiger partial charge on any atom is -0.383 e. The van der Waals surface area contributed by atoms with Crippen LogP contribution in [-0.4, -0.2) is 14.9 Å². The van der Waals surface area contributed by atoms with E-state index in [0.29, 0.717) is 16.8 Å². The Labute approximate surface area is 123 Å². The van der Waals surface area contributed by atoms with Crippen LogP contribution < -0.4 is 11.5 Å². The predicted molar refractivity (Wildman–Crippen MR) is 77.7 cm³/mol. The number of nitrogens with two attached hydrogens (primary N) is 2. The highest BCUT2D eigenvalue weighted by molar-refractivity contribution is 6.44. The molecule has 0 aliphatic carbocycles. The lowest BCUT2D eigenvalue weighted by Gasteiger charge is -2.11. The fraction of sp³-hybridized carbons (Fsp3) is 0.0909. The number of non-ortho nitro benzene ring substituents is 1. The molecule has 104 valence electrons. The Morgan fingerprint density at radius 3 is 2.45 bits per heavy atom. The molecule has 2 aromatic rings. The van der Waals surface area contributed by atoms with Crippen molar-refractivity contribution in [2.24, 2.45) is 0 Å². The Morgan fingerprint density at radius 1 is 1.25 bits per heavy atom. The first kappa shape index (κ1) is 14.3. The second-order valence-corrected chi connectivity index (χ2v) is 4.76. The van der Waals surface area contributed by atoms with E-state index >= 15 is 0 Å². The zero-order valence-corrected chi connectivity index (χ0v) is 11.7. The number of anilines is 2. The number of nitro benzene ring substituents is 1. The zero-order valence-electron chi connectivity index (χ0n) is 10.2. The largest absolute Gasteiger partial charge is 0.383 e. The minimum atomic E-state index is -0.574. The summed E-state index contributed by atoms with van der Waals surface area (Å²) in [5.41, 5.74) is 12.2. The van der Waals surface area contributed by atoms with Crippen LogP contribution in [0.2, 0.25) is 10.0 Å². The summed E-state index contributed by atoms with van der Waals surface area (Å²) in [5.74, 6) is 0.0878. The second-order valence-electron chi connectivity index (χ2n) is 3.97. The summed E-state index contributed by atoms with van der Waals surface area (Å²) in [6.07, 6.45) is 0. The van der Waals surface area contributed by atoms with Gasteiger partial charge in [0.25, 0.3) is 5.69 Å². The highest BCUT2D eigenvalue weighted by atomic mass is 35.5. The Kier molecular flexibility index (Phi) is 3.65. The normalized spacial score (nSPS) is 10.6. The van der Waals surface area contributed by atoms with Crippen LogP contribution >= 0.6 is 23.2 Å². The summed E-state index contributed by atoms with van der Waals surface area (Å²) >= 11 is 12.0. The second kappa shape index (κ2) is 5.10. The van der Waals surface area contributed by atoms with E-state index in [-0.39, 0.29) is 27.5 Å². The molecule has 0 atom stereocenters. The van der Waals surface area contributed by atoms with Gasteiger partial charge in [-0.05, 0) is 6.92 Å². The van der Waals surface area contributed by atoms with Crippen molar-refractivity contribution in [3.05, 3.63) is 38.0 Å². The number of rotatable bonds is 2. The van der Waals surface area contributed by atoms with Crippen LogP contribution in [0.4, 0.5) is 17.5 Å². The first-order valence-electron chi connectivity index (χ1n) is 5.34. The van der Waals surface area contributed by atoms with E-state index in [1.165, 1.54) is 6.07 Å². The van der Waals surface area contributed by atoms with E-state index < -0.39 is 4.92 Å². The van der Waals surface area contributed by atoms with Crippen molar-refractivity contribution in [3.63, 3.8) is 0 Å². The van der Waals surface area contributed by atoms with E-state index in [2.05, 4.69) is 9.97 Å². The van der Waals surface area contributed by atoms with Crippen molar-refractivity contribution in [3.8, 4) is 11.1 Å². The fourth-order valence-corrected chi connectivity index (χ4v) is 2.23. The van der Waals surface area contributed by atoms with Crippen LogP contribution in [0.3, 0.4) is 0 Å². The van der Waals surface area contributed by atoms with Crippen LogP contribution in [0.25, 0.3) is 11.1 Å². The Morgan fingerprint density at radius 2 is 1.90 bits per heavy atom. The van der Waals surface area contributed by atoms with Gasteiger partial charge in [0.15, 0.2) is 0 Å². The van der Waals surface area contributed by atoms with Crippen molar-refractivity contribution in [2.45, 2.75) is 6.92 Å². The summed E-state index contributed by atoms with van der Waals surface area (Å²) in [6, 6.07) is 2.43. The van der Waals surface area contributed by atoms with Gasteiger partial charge in [0.2, 0.25) is 5.95 Å². The van der Waals surface area contributed by atoms with Crippen LogP contribution in [0.15, 0.2) is 12.1 Å². The van der Waals surface area contributed by atoms with Gasteiger partial charge >= 0.3 is 0 Å². The quantitative estimate of drug-likeness (QED) is 0.649. The van der Waals surface area contributed by atoms with Gasteiger partial charge in [0, 0.05) is 23.3 Å². The number of nitrogens with zero attached hydrogens (tertiary/aromatic N) is 3. The molecule has 0 bridgehead atoms. The number of benzene rings is 1. The van der Waals surface area contributed by atoms with Gasteiger partial charge in [-0.2, -0.15) is 4.98 Å². The van der Waals surface area contributed by atoms with E-state index in [4.69, 9.17) is 34.7 Å². The molecule has 9 heteroatoms. The van der Waals surface area contributed by atoms with Gasteiger partial charge in [0.05, 0.1) is 20.7 Å². The number of nitro groups is 1. The smallest absolute Gasteiger partial charge is 0.271 e. The molecule has 0 unspecified atom stereocenters. The Hall–Kier alpha value is -2.12. The molecular formula is C11H9Cl2N5O2. The van der Waals surface area contributed by atoms with Crippen molar-refractivity contribution in [2.75, 3.05) is 11.5 Å². The lowest BCUT2D eigenvalue weighted by atomic mass is 10.0. The van der Waals surface area contributed by atoms with Gasteiger partial charge in [-0.3, -0.25) is 10.1 Å². The molecule has 0 aliphatic heterocycles. The molecule has 4 N–H and O–H groups in total. The third-order valence-corrected chi connectivity index (χ3v) is 3.43. The number of aromatic nitrogens is 2. The lowest BCUT2D eigenvalue weighted by Crippen LogP contribution is -2.05. The third-order valence-electron chi connectivity index (χ3n) is 2.63. The molecule has 0 aliphatic rings. The van der Waals surface area contributed by atoms with Gasteiger partial charge in [-0.25, -0.2) is 4.98 Å². The average molecular weight is 314 g/mol. The molecule has 1 heterocycles. The van der Waals surface area contributed by atoms with Crippen molar-refractivity contribution >= 4 is 40.7 Å². The predicted octanol–water partition coefficient (Wildman–Crippen LogP) is 2.83. The Bertz CT molecular complexity index is 697. The molecule has 0 fully saturated rings. The summed E-state index contributed by atoms with van der Waals surface area (Å²) in [6.45, 7) is 1.65. The number of halogens is 2. The van der Waals surface area contributed by atoms with Crippen molar-refractivity contribution in [1.82, 2.24) is 9.97 Å². The van der Waals surface area contributed by atoms with Crippen molar-refractivity contribution < 1.29 is 4.92 Å². The maximum atomic E-state index is 10.9. The maximum absolute atomic E-state index is 10.9. The van der Waals surface area contributed by atoms with Crippen LogP contribution in [-0.2, 0) is 0 Å². The van der Waals surface area contributed by atoms with E-state index in [1.54, 1.807) is 6.92 Å². The first-order chi connectivity index (χ1) is 9.31. The van der Waals surface area contributed by atoms with Gasteiger partial charge < -0.3 is 11.5 Å². The standard InChI is InChI=1S/C11H9Cl2N5O2/c1-4-8(10(14)17-11(15)16-4)6-2-5(18(19)20)3-7(12)9(6)13/h2-3H,1H3,(H4,14,15,16,17). The van der Waals surface area contributed by atoms with Crippen LogP contribution in [0.5, 0.6) is 0 Å². The number of hydrogen-bond acceptors (Lipinski definition) is 6. The molecule has 20 heavy (non-hydrogen) atoms. The van der Waals surface area contributed by atoms with E-state index in [1.807, 2.05) is 0 Å². The molecule has 0 saturated carbocycles. The molecule has 0 amide bonds. The molecule has 1 aromatic carbocycles. The average Bonchev–Trinajstić information content (AvgIpc) is 2.32. The molecular weight excluding hydrogens is 305 g/mol. The minimum absolute atomic E-state index is 0.0106. The zero-order chi connectivity index (χ0) is 15.0. The summed E-state index contributed by atoms with van der Waals surface area (Å²) in [7, 11) is 0. The van der Waals surface area contributed by atoms with Gasteiger partial charge in [-0.15, -0.1) is 0 Å². The summed E-state index contributed by atoms with van der Waals surface area (Å²) in [4.78, 5) is 18.1. The van der Waals surface area contributed by atoms with E-state index in [0.717, 1.165) is 6.07 Å². The SMILES string of the molecule is Cc1nc(N)nc(N)c1-c1cc([N+](=O)[O-])cc(Cl)c1Cl. The lowest BCUT2D eigenvalue weighted by molar-refractivity contribution is -0.384. The fourth-order valence-electron chi connectivity index (χ4n) is 1.81. The van der Waals surface area contributed by atoms with Crippen LogP contribution in [0.1, 0.15) is 5.69 Å². The highest BCUT2D eigenvalue weighted by Crippen LogP contribution is 2.40. The molecule has 0 spiro atoms. The third kappa shape index (κ3) is 2.45. The monoisotopic (exact) mass is 313 g/mol. The number of hydrogen-bond donors (Lipinski definition) is 2. The molecule has 0 saturated heterocycles. The van der Waals surface area contributed by atoms with Crippen molar-refractivity contribution in [1.29, 1.82) is 0 Å². The number of nitrogen functional groups attached to an aromatic ring is 2. The Balaban J connectivity index is 2.79. The molecule has 0 radical (unpaired) electrons. The molecule has 1 aromatic heterocycles. The summed E-state index contributed by atoms with van der Waals surface area (Å²) < 4.78 is 0. The molecule has 7 nitrogen and oxygen atoms in total. The van der Waals surface area contributed by atoms with Gasteiger partial charge in [0.1, 0.15) is 5.82 Å². The van der Waals surface area contributed by atoms with E-state index in [9.17, 15) is 10.1 Å². The summed E-state index contributed by atoms with van der Waals surface area (Å²) in [5, 5.41) is 11.1. The highest BCUT2D eigenvalue weighted by Gasteiger charge is 2.20. The first-order valence-corrected chi connectivity index (χ1v) is 6.10.